The van der Waals surface area contributed by atoms with Crippen LogP contribution in [-0.4, -0.2) is 39.2 Å². The van der Waals surface area contributed by atoms with E-state index in [1.54, 1.807) is 4.90 Å². The van der Waals surface area contributed by atoms with Crippen LogP contribution in [0, 0.1) is 23.0 Å². The molecular weight excluding hydrogens is 250 g/mol. The van der Waals surface area contributed by atoms with E-state index in [9.17, 15) is 15.2 Å². The zero-order chi connectivity index (χ0) is 14.2. The lowest BCUT2D eigenvalue weighted by molar-refractivity contribution is -0.385. The van der Waals surface area contributed by atoms with Crippen LogP contribution in [0.4, 0.5) is 17.5 Å². The maximum Gasteiger partial charge on any atom is 0.332 e. The van der Waals surface area contributed by atoms with Crippen LogP contribution in [0.25, 0.3) is 0 Å². The summed E-state index contributed by atoms with van der Waals surface area (Å²) in [6, 6.07) is 0. The van der Waals surface area contributed by atoms with E-state index in [1.165, 1.54) is 6.92 Å². The summed E-state index contributed by atoms with van der Waals surface area (Å²) in [7, 11) is 0. The molecule has 0 amide bonds. The Balaban J connectivity index is 2.41. The third-order valence-corrected chi connectivity index (χ3v) is 3.46. The van der Waals surface area contributed by atoms with Crippen molar-refractivity contribution >= 4 is 17.5 Å². The monoisotopic (exact) mass is 267 g/mol. The van der Waals surface area contributed by atoms with Crippen molar-refractivity contribution in [1.82, 2.24) is 9.97 Å². The number of nitro groups is 1. The highest BCUT2D eigenvalue weighted by Crippen LogP contribution is 2.32. The molecule has 1 aliphatic heterocycles. The molecule has 2 atom stereocenters. The molecule has 0 spiro atoms. The molecule has 1 saturated heterocycles. The normalized spacial score (nSPS) is 23.4. The zero-order valence-corrected chi connectivity index (χ0v) is 10.9. The van der Waals surface area contributed by atoms with Crippen LogP contribution in [0.15, 0.2) is 0 Å². The van der Waals surface area contributed by atoms with E-state index in [2.05, 4.69) is 9.97 Å². The van der Waals surface area contributed by atoms with Crippen molar-refractivity contribution in [2.75, 3.05) is 23.7 Å². The van der Waals surface area contributed by atoms with Gasteiger partial charge in [-0.05, 0) is 19.3 Å². The molecule has 0 aromatic carbocycles. The third kappa shape index (κ3) is 2.58. The van der Waals surface area contributed by atoms with Crippen molar-refractivity contribution in [2.24, 2.45) is 5.92 Å². The standard InChI is InChI=1S/C11H17N5O3/c1-6-3-4-15(5-8(6)17)10-9(16(18)19)7(2)13-11(12)14-10/h6,8,17H,3-5H2,1-2H3,(H2,12,13,14). The highest BCUT2D eigenvalue weighted by Gasteiger charge is 2.31. The number of nitrogen functional groups attached to an aromatic ring is 1. The van der Waals surface area contributed by atoms with E-state index in [0.717, 1.165) is 6.42 Å². The van der Waals surface area contributed by atoms with Gasteiger partial charge in [-0.25, -0.2) is 4.98 Å². The summed E-state index contributed by atoms with van der Waals surface area (Å²) in [5, 5.41) is 21.0. The molecule has 2 rings (SSSR count). The van der Waals surface area contributed by atoms with Crippen LogP contribution in [0.5, 0.6) is 0 Å². The first-order valence-corrected chi connectivity index (χ1v) is 6.11. The van der Waals surface area contributed by atoms with Gasteiger partial charge in [-0.1, -0.05) is 6.92 Å². The van der Waals surface area contributed by atoms with Crippen molar-refractivity contribution in [3.05, 3.63) is 15.8 Å². The van der Waals surface area contributed by atoms with E-state index in [4.69, 9.17) is 5.73 Å². The first kappa shape index (κ1) is 13.5. The lowest BCUT2D eigenvalue weighted by Crippen LogP contribution is -2.43. The maximum atomic E-state index is 11.1. The Labute approximate surface area is 110 Å². The van der Waals surface area contributed by atoms with Crippen molar-refractivity contribution in [2.45, 2.75) is 26.4 Å². The number of nitrogens with zero attached hydrogens (tertiary/aromatic N) is 4. The lowest BCUT2D eigenvalue weighted by atomic mass is 9.96. The fourth-order valence-electron chi connectivity index (χ4n) is 2.25. The second kappa shape index (κ2) is 4.96. The molecule has 1 aromatic rings. The van der Waals surface area contributed by atoms with Crippen LogP contribution in [-0.2, 0) is 0 Å². The molecule has 19 heavy (non-hydrogen) atoms. The van der Waals surface area contributed by atoms with Crippen molar-refractivity contribution in [1.29, 1.82) is 0 Å². The van der Waals surface area contributed by atoms with Crippen molar-refractivity contribution < 1.29 is 10.0 Å². The summed E-state index contributed by atoms with van der Waals surface area (Å²) in [6.07, 6.45) is 0.228. The SMILES string of the molecule is Cc1nc(N)nc(N2CCC(C)C(O)C2)c1[N+](=O)[O-]. The minimum absolute atomic E-state index is 0.00575. The molecule has 104 valence electrons. The molecular formula is C11H17N5O3. The number of aryl methyl sites for hydroxylation is 1. The zero-order valence-electron chi connectivity index (χ0n) is 10.9. The number of hydrogen-bond donors (Lipinski definition) is 2. The van der Waals surface area contributed by atoms with Crippen molar-refractivity contribution in [3.8, 4) is 0 Å². The minimum atomic E-state index is -0.523. The van der Waals surface area contributed by atoms with Gasteiger partial charge >= 0.3 is 5.69 Å². The Kier molecular flexibility index (Phi) is 3.52. The molecule has 0 bridgehead atoms. The van der Waals surface area contributed by atoms with Gasteiger partial charge in [0.15, 0.2) is 0 Å². The number of piperidine rings is 1. The Morgan fingerprint density at radius 1 is 1.53 bits per heavy atom. The van der Waals surface area contributed by atoms with Gasteiger partial charge in [-0.3, -0.25) is 10.1 Å². The molecule has 1 fully saturated rings. The molecule has 3 N–H and O–H groups in total. The summed E-state index contributed by atoms with van der Waals surface area (Å²) in [4.78, 5) is 20.1. The van der Waals surface area contributed by atoms with E-state index in [1.807, 2.05) is 6.92 Å². The van der Waals surface area contributed by atoms with Gasteiger partial charge in [0.1, 0.15) is 5.69 Å². The smallest absolute Gasteiger partial charge is 0.332 e. The first-order chi connectivity index (χ1) is 8.90. The summed E-state index contributed by atoms with van der Waals surface area (Å²) in [5.74, 6) is 0.378. The van der Waals surface area contributed by atoms with Crippen LogP contribution in [0.1, 0.15) is 19.0 Å². The second-order valence-corrected chi connectivity index (χ2v) is 4.88. The number of hydrogen-bond acceptors (Lipinski definition) is 7. The molecule has 0 saturated carbocycles. The molecule has 8 nitrogen and oxygen atoms in total. The largest absolute Gasteiger partial charge is 0.391 e. The first-order valence-electron chi connectivity index (χ1n) is 6.11. The Hall–Kier alpha value is -1.96. The fourth-order valence-corrected chi connectivity index (χ4v) is 2.25. The summed E-state index contributed by atoms with van der Waals surface area (Å²) in [6.45, 7) is 4.41. The van der Waals surface area contributed by atoms with Crippen LogP contribution < -0.4 is 10.6 Å². The molecule has 2 unspecified atom stereocenters. The van der Waals surface area contributed by atoms with Crippen LogP contribution >= 0.6 is 0 Å². The Morgan fingerprint density at radius 2 is 2.21 bits per heavy atom. The molecule has 0 aliphatic carbocycles. The Morgan fingerprint density at radius 3 is 2.79 bits per heavy atom. The average molecular weight is 267 g/mol. The van der Waals surface area contributed by atoms with Gasteiger partial charge < -0.3 is 15.7 Å². The van der Waals surface area contributed by atoms with Gasteiger partial charge in [0.2, 0.25) is 11.8 Å². The summed E-state index contributed by atoms with van der Waals surface area (Å²) in [5.41, 5.74) is 5.66. The fraction of sp³-hybridized carbons (Fsp3) is 0.636. The van der Waals surface area contributed by atoms with E-state index in [0.29, 0.717) is 13.1 Å². The summed E-state index contributed by atoms with van der Waals surface area (Å²) >= 11 is 0. The van der Waals surface area contributed by atoms with Crippen molar-refractivity contribution in [3.63, 3.8) is 0 Å². The minimum Gasteiger partial charge on any atom is -0.391 e. The average Bonchev–Trinajstić information content (AvgIpc) is 2.31. The molecule has 1 aromatic heterocycles. The van der Waals surface area contributed by atoms with E-state index >= 15 is 0 Å². The predicted molar refractivity (Wildman–Crippen MR) is 69.8 cm³/mol. The van der Waals surface area contributed by atoms with Crippen LogP contribution in [0.2, 0.25) is 0 Å². The number of anilines is 2. The van der Waals surface area contributed by atoms with Gasteiger partial charge in [0.05, 0.1) is 11.0 Å². The second-order valence-electron chi connectivity index (χ2n) is 4.88. The van der Waals surface area contributed by atoms with Gasteiger partial charge in [0, 0.05) is 13.1 Å². The van der Waals surface area contributed by atoms with Crippen LogP contribution in [0.3, 0.4) is 0 Å². The number of nitrogens with two attached hydrogens (primary N) is 1. The van der Waals surface area contributed by atoms with Gasteiger partial charge in [-0.2, -0.15) is 4.98 Å². The molecule has 2 heterocycles. The third-order valence-electron chi connectivity index (χ3n) is 3.46. The van der Waals surface area contributed by atoms with Gasteiger partial charge in [0.25, 0.3) is 0 Å². The highest BCUT2D eigenvalue weighted by atomic mass is 16.6. The lowest BCUT2D eigenvalue weighted by Gasteiger charge is -2.34. The number of aliphatic hydroxyl groups is 1. The van der Waals surface area contributed by atoms with E-state index < -0.39 is 11.0 Å². The predicted octanol–water partition coefficient (Wildman–Crippen LogP) is 0.483. The highest BCUT2D eigenvalue weighted by molar-refractivity contribution is 5.62. The van der Waals surface area contributed by atoms with Gasteiger partial charge in [-0.15, -0.1) is 0 Å². The number of β-amino-alcohol motifs (C(OH)–C–C–N with tert-alkyl or cyclic N) is 1. The maximum absolute atomic E-state index is 11.1. The molecule has 8 heteroatoms. The topological polar surface area (TPSA) is 118 Å². The number of aliphatic hydroxyl groups excluding tert-OH is 1. The quantitative estimate of drug-likeness (QED) is 0.591. The molecule has 0 radical (unpaired) electrons. The summed E-state index contributed by atoms with van der Waals surface area (Å²) < 4.78 is 0. The van der Waals surface area contributed by atoms with E-state index in [-0.39, 0.29) is 29.1 Å². The number of rotatable bonds is 2. The number of aromatic nitrogens is 2. The molecule has 1 aliphatic rings. The Bertz CT molecular complexity index is 507.